The van der Waals surface area contributed by atoms with Gasteiger partial charge >= 0.3 is 11.7 Å². The van der Waals surface area contributed by atoms with Gasteiger partial charge in [-0.2, -0.15) is 4.98 Å². The van der Waals surface area contributed by atoms with E-state index in [0.29, 0.717) is 13.0 Å². The molecule has 0 spiro atoms. The van der Waals surface area contributed by atoms with E-state index < -0.39 is 11.7 Å². The fourth-order valence-corrected chi connectivity index (χ4v) is 1.74. The Morgan fingerprint density at radius 2 is 2.38 bits per heavy atom. The van der Waals surface area contributed by atoms with Crippen LogP contribution in [0.25, 0.3) is 0 Å². The number of fused-ring (bicyclic) bond motifs is 1. The van der Waals surface area contributed by atoms with Gasteiger partial charge in [0.1, 0.15) is 0 Å². The van der Waals surface area contributed by atoms with E-state index in [2.05, 4.69) is 15.3 Å². The average Bonchev–Trinajstić information content (AvgIpc) is 2.28. The second kappa shape index (κ2) is 4.44. The number of ether oxygens (including phenoxy) is 1. The Morgan fingerprint density at radius 3 is 3.12 bits per heavy atom. The van der Waals surface area contributed by atoms with Gasteiger partial charge in [-0.25, -0.2) is 9.59 Å². The van der Waals surface area contributed by atoms with Crippen LogP contribution in [0.3, 0.4) is 0 Å². The molecule has 2 N–H and O–H groups in total. The lowest BCUT2D eigenvalue weighted by atomic mass is 10.1. The Labute approximate surface area is 92.0 Å². The summed E-state index contributed by atoms with van der Waals surface area (Å²) >= 11 is 0. The predicted octanol–water partition coefficient (Wildman–Crippen LogP) is -0.408. The molecule has 0 saturated carbocycles. The molecule has 1 aromatic heterocycles. The van der Waals surface area contributed by atoms with Crippen molar-refractivity contribution in [1.82, 2.24) is 15.3 Å². The van der Waals surface area contributed by atoms with Crippen LogP contribution in [0.2, 0.25) is 0 Å². The van der Waals surface area contributed by atoms with Crippen molar-refractivity contribution in [2.24, 2.45) is 0 Å². The molecule has 0 fully saturated rings. The lowest BCUT2D eigenvalue weighted by Gasteiger charge is -2.17. The number of H-pyrrole nitrogens is 1. The van der Waals surface area contributed by atoms with Gasteiger partial charge in [-0.3, -0.25) is 0 Å². The first kappa shape index (κ1) is 10.8. The number of esters is 1. The zero-order valence-corrected chi connectivity index (χ0v) is 9.00. The van der Waals surface area contributed by atoms with Gasteiger partial charge in [-0.1, -0.05) is 0 Å². The molecule has 0 radical (unpaired) electrons. The molecule has 16 heavy (non-hydrogen) atoms. The maximum absolute atomic E-state index is 11.6. The summed E-state index contributed by atoms with van der Waals surface area (Å²) in [5.74, 6) is -0.534. The normalized spacial score (nSPS) is 14.3. The van der Waals surface area contributed by atoms with Crippen LogP contribution in [0.5, 0.6) is 0 Å². The first-order chi connectivity index (χ1) is 7.72. The number of nitrogens with zero attached hydrogens (tertiary/aromatic N) is 1. The van der Waals surface area contributed by atoms with Crippen LogP contribution < -0.4 is 11.0 Å². The van der Waals surface area contributed by atoms with Crippen molar-refractivity contribution in [3.63, 3.8) is 0 Å². The summed E-state index contributed by atoms with van der Waals surface area (Å²) in [6.45, 7) is 3.31. The predicted molar refractivity (Wildman–Crippen MR) is 56.2 cm³/mol. The number of hydrogen-bond donors (Lipinski definition) is 2. The second-order valence-corrected chi connectivity index (χ2v) is 3.49. The summed E-state index contributed by atoms with van der Waals surface area (Å²) in [5.41, 5.74) is 1.16. The molecular weight excluding hydrogens is 210 g/mol. The molecule has 2 rings (SSSR count). The van der Waals surface area contributed by atoms with Crippen molar-refractivity contribution in [3.8, 4) is 0 Å². The monoisotopic (exact) mass is 223 g/mol. The summed E-state index contributed by atoms with van der Waals surface area (Å²) in [7, 11) is 0. The lowest BCUT2D eigenvalue weighted by Crippen LogP contribution is -2.32. The third-order valence-corrected chi connectivity index (χ3v) is 2.44. The third kappa shape index (κ3) is 1.96. The number of nitrogens with one attached hydrogen (secondary N) is 2. The molecular formula is C10H13N3O3. The van der Waals surface area contributed by atoms with Gasteiger partial charge < -0.3 is 15.0 Å². The largest absolute Gasteiger partial charge is 0.461 e. The Balaban J connectivity index is 2.47. The molecule has 0 atom stereocenters. The van der Waals surface area contributed by atoms with Crippen molar-refractivity contribution >= 4 is 5.97 Å². The van der Waals surface area contributed by atoms with Crippen LogP contribution in [0, 0.1) is 0 Å². The Hall–Kier alpha value is -1.69. The minimum Gasteiger partial charge on any atom is -0.461 e. The smallest absolute Gasteiger partial charge is 0.357 e. The average molecular weight is 223 g/mol. The van der Waals surface area contributed by atoms with Gasteiger partial charge in [-0.05, 0) is 6.92 Å². The molecule has 0 amide bonds. The van der Waals surface area contributed by atoms with E-state index in [0.717, 1.165) is 17.8 Å². The van der Waals surface area contributed by atoms with Crippen LogP contribution in [0.4, 0.5) is 0 Å². The third-order valence-electron chi connectivity index (χ3n) is 2.44. The number of aromatic nitrogens is 2. The molecule has 0 bridgehead atoms. The molecule has 1 aromatic rings. The van der Waals surface area contributed by atoms with Crippen molar-refractivity contribution in [2.75, 3.05) is 13.2 Å². The fourth-order valence-electron chi connectivity index (χ4n) is 1.74. The van der Waals surface area contributed by atoms with Crippen LogP contribution in [0.15, 0.2) is 4.79 Å². The van der Waals surface area contributed by atoms with E-state index in [1.54, 1.807) is 6.92 Å². The molecule has 2 heterocycles. The minimum atomic E-state index is -0.534. The molecule has 0 unspecified atom stereocenters. The van der Waals surface area contributed by atoms with E-state index in [4.69, 9.17) is 4.74 Å². The standard InChI is InChI=1S/C10H13N3O3/c1-2-16-9(14)8-6-5-11-4-3-7(6)12-10(15)13-8/h11H,2-5H2,1H3,(H,12,13,15). The van der Waals surface area contributed by atoms with Crippen LogP contribution >= 0.6 is 0 Å². The Kier molecular flexibility index (Phi) is 3.00. The van der Waals surface area contributed by atoms with E-state index in [1.165, 1.54) is 0 Å². The van der Waals surface area contributed by atoms with Crippen LogP contribution in [-0.4, -0.2) is 29.1 Å². The summed E-state index contributed by atoms with van der Waals surface area (Å²) in [5, 5.41) is 3.13. The van der Waals surface area contributed by atoms with Crippen molar-refractivity contribution in [1.29, 1.82) is 0 Å². The van der Waals surface area contributed by atoms with Gasteiger partial charge in [0.15, 0.2) is 5.69 Å². The zero-order valence-electron chi connectivity index (χ0n) is 9.00. The lowest BCUT2D eigenvalue weighted by molar-refractivity contribution is 0.0516. The van der Waals surface area contributed by atoms with Crippen molar-refractivity contribution < 1.29 is 9.53 Å². The molecule has 0 aliphatic carbocycles. The molecule has 1 aliphatic rings. The van der Waals surface area contributed by atoms with Crippen molar-refractivity contribution in [2.45, 2.75) is 19.9 Å². The highest BCUT2D eigenvalue weighted by Gasteiger charge is 2.21. The molecule has 0 saturated heterocycles. The van der Waals surface area contributed by atoms with E-state index in [9.17, 15) is 9.59 Å². The fraction of sp³-hybridized carbons (Fsp3) is 0.500. The summed E-state index contributed by atoms with van der Waals surface area (Å²) in [6, 6.07) is 0. The number of rotatable bonds is 2. The van der Waals surface area contributed by atoms with Gasteiger partial charge in [0.25, 0.3) is 0 Å². The van der Waals surface area contributed by atoms with Crippen LogP contribution in [0.1, 0.15) is 28.7 Å². The van der Waals surface area contributed by atoms with Gasteiger partial charge in [0.2, 0.25) is 0 Å². The quantitative estimate of drug-likeness (QED) is 0.666. The van der Waals surface area contributed by atoms with Crippen molar-refractivity contribution in [3.05, 3.63) is 27.4 Å². The molecule has 0 aromatic carbocycles. The molecule has 86 valence electrons. The molecule has 6 heteroatoms. The first-order valence-corrected chi connectivity index (χ1v) is 5.22. The highest BCUT2D eigenvalue weighted by molar-refractivity contribution is 5.89. The minimum absolute atomic E-state index is 0.132. The SMILES string of the molecule is CCOC(=O)c1nc(=O)[nH]c2c1CNCC2. The highest BCUT2D eigenvalue weighted by atomic mass is 16.5. The molecule has 6 nitrogen and oxygen atoms in total. The summed E-state index contributed by atoms with van der Waals surface area (Å²) < 4.78 is 4.87. The molecule has 1 aliphatic heterocycles. The Bertz CT molecular complexity index is 467. The topological polar surface area (TPSA) is 84.1 Å². The number of carbonyl (C=O) groups is 1. The maximum Gasteiger partial charge on any atom is 0.357 e. The summed E-state index contributed by atoms with van der Waals surface area (Å²) in [6.07, 6.45) is 0.694. The van der Waals surface area contributed by atoms with E-state index >= 15 is 0 Å². The second-order valence-electron chi connectivity index (χ2n) is 3.49. The van der Waals surface area contributed by atoms with Gasteiger partial charge in [0, 0.05) is 30.8 Å². The Morgan fingerprint density at radius 1 is 1.56 bits per heavy atom. The highest BCUT2D eigenvalue weighted by Crippen LogP contribution is 2.13. The van der Waals surface area contributed by atoms with E-state index in [1.807, 2.05) is 0 Å². The van der Waals surface area contributed by atoms with Gasteiger partial charge in [-0.15, -0.1) is 0 Å². The maximum atomic E-state index is 11.6. The van der Waals surface area contributed by atoms with Gasteiger partial charge in [0.05, 0.1) is 6.61 Å². The first-order valence-electron chi connectivity index (χ1n) is 5.22. The zero-order chi connectivity index (χ0) is 11.5. The number of carbonyl (C=O) groups excluding carboxylic acids is 1. The van der Waals surface area contributed by atoms with E-state index in [-0.39, 0.29) is 12.3 Å². The number of hydrogen-bond acceptors (Lipinski definition) is 5. The summed E-state index contributed by atoms with van der Waals surface area (Å²) in [4.78, 5) is 29.2. The van der Waals surface area contributed by atoms with Crippen LogP contribution in [-0.2, 0) is 17.7 Å². The number of aromatic amines is 1.